The molecule has 6 nitrogen and oxygen atoms in total. The summed E-state index contributed by atoms with van der Waals surface area (Å²) in [4.78, 5) is 23.4. The Kier molecular flexibility index (Phi) is 5.73. The van der Waals surface area contributed by atoms with Crippen molar-refractivity contribution in [3.63, 3.8) is 0 Å². The fraction of sp³-hybridized carbons (Fsp3) is 0.240. The first kappa shape index (κ1) is 20.5. The Balaban J connectivity index is 1.61. The highest BCUT2D eigenvalue weighted by molar-refractivity contribution is 7.16. The highest BCUT2D eigenvalue weighted by Gasteiger charge is 2.30. The van der Waals surface area contributed by atoms with Crippen molar-refractivity contribution in [2.75, 3.05) is 10.6 Å². The lowest BCUT2D eigenvalue weighted by Crippen LogP contribution is -2.19. The lowest BCUT2D eigenvalue weighted by Gasteiger charge is -2.23. The molecule has 1 aliphatic rings. The van der Waals surface area contributed by atoms with E-state index < -0.39 is 0 Å². The van der Waals surface area contributed by atoms with E-state index in [1.165, 1.54) is 23.1 Å². The summed E-state index contributed by atoms with van der Waals surface area (Å²) in [5.74, 6) is 0.827. The minimum absolute atomic E-state index is 0.240. The van der Waals surface area contributed by atoms with Gasteiger partial charge in [0.1, 0.15) is 10.8 Å². The van der Waals surface area contributed by atoms with Gasteiger partial charge in [-0.2, -0.15) is 0 Å². The van der Waals surface area contributed by atoms with Gasteiger partial charge in [0, 0.05) is 22.8 Å². The Morgan fingerprint density at radius 3 is 2.78 bits per heavy atom. The van der Waals surface area contributed by atoms with Crippen LogP contribution in [0.3, 0.4) is 0 Å². The molecule has 0 aromatic carbocycles. The first-order chi connectivity index (χ1) is 15.7. The van der Waals surface area contributed by atoms with Gasteiger partial charge >= 0.3 is 0 Å². The zero-order valence-electron chi connectivity index (χ0n) is 17.8. The summed E-state index contributed by atoms with van der Waals surface area (Å²) in [5, 5.41) is 7.55. The number of furan rings is 1. The zero-order chi connectivity index (χ0) is 21.9. The van der Waals surface area contributed by atoms with Crippen LogP contribution in [-0.4, -0.2) is 15.9 Å². The van der Waals surface area contributed by atoms with E-state index in [9.17, 15) is 4.79 Å². The third-order valence-corrected chi connectivity index (χ3v) is 6.89. The number of carbonyl (C=O) groups excluding carboxylic acids is 1. The first-order valence-electron chi connectivity index (χ1n) is 10.8. The van der Waals surface area contributed by atoms with E-state index in [2.05, 4.69) is 20.6 Å². The van der Waals surface area contributed by atoms with E-state index in [0.717, 1.165) is 46.9 Å². The van der Waals surface area contributed by atoms with Crippen LogP contribution >= 0.6 is 11.3 Å². The summed E-state index contributed by atoms with van der Waals surface area (Å²) in [6.07, 6.45) is 9.44. The van der Waals surface area contributed by atoms with Crippen LogP contribution in [0.5, 0.6) is 0 Å². The van der Waals surface area contributed by atoms with Crippen molar-refractivity contribution in [1.82, 2.24) is 9.97 Å². The maximum absolute atomic E-state index is 12.9. The fourth-order valence-corrected chi connectivity index (χ4v) is 5.49. The second-order valence-corrected chi connectivity index (χ2v) is 9.04. The monoisotopic (exact) mass is 444 g/mol. The number of aryl methyl sites for hydroxylation is 2. The molecule has 1 aliphatic carbocycles. The van der Waals surface area contributed by atoms with Crippen LogP contribution in [0.4, 0.5) is 10.8 Å². The third kappa shape index (κ3) is 4.16. The second kappa shape index (κ2) is 8.96. The molecule has 0 saturated carbocycles. The molecule has 4 aromatic heterocycles. The van der Waals surface area contributed by atoms with Crippen molar-refractivity contribution in [3.8, 4) is 0 Å². The van der Waals surface area contributed by atoms with Crippen LogP contribution in [0.15, 0.2) is 65.5 Å². The number of thiophene rings is 1. The smallest absolute Gasteiger partial charge is 0.291 e. The van der Waals surface area contributed by atoms with Gasteiger partial charge in [-0.05, 0) is 80.1 Å². The predicted octanol–water partition coefficient (Wildman–Crippen LogP) is 5.77. The first-order valence-corrected chi connectivity index (χ1v) is 11.6. The summed E-state index contributed by atoms with van der Waals surface area (Å²) in [6.45, 7) is 2.05. The molecule has 1 atom stereocenters. The number of pyridine rings is 2. The van der Waals surface area contributed by atoms with E-state index in [1.807, 2.05) is 37.3 Å². The van der Waals surface area contributed by atoms with Crippen LogP contribution in [0, 0.1) is 6.92 Å². The van der Waals surface area contributed by atoms with Gasteiger partial charge < -0.3 is 15.1 Å². The number of amides is 1. The van der Waals surface area contributed by atoms with Crippen molar-refractivity contribution >= 4 is 28.1 Å². The van der Waals surface area contributed by atoms with Crippen LogP contribution in [0.1, 0.15) is 56.7 Å². The van der Waals surface area contributed by atoms with E-state index in [4.69, 9.17) is 4.42 Å². The summed E-state index contributed by atoms with van der Waals surface area (Å²) in [5.41, 5.74) is 4.40. The fourth-order valence-electron chi connectivity index (χ4n) is 4.16. The molecule has 4 heterocycles. The molecule has 0 radical (unpaired) electrons. The minimum Gasteiger partial charge on any atom is -0.459 e. The summed E-state index contributed by atoms with van der Waals surface area (Å²) >= 11 is 1.66. The average Bonchev–Trinajstić information content (AvgIpc) is 3.46. The normalized spacial score (nSPS) is 13.9. The van der Waals surface area contributed by atoms with Crippen LogP contribution in [0.2, 0.25) is 0 Å². The van der Waals surface area contributed by atoms with Gasteiger partial charge in [0.2, 0.25) is 0 Å². The van der Waals surface area contributed by atoms with Gasteiger partial charge in [-0.25, -0.2) is 4.98 Å². The molecular formula is C25H24N4O2S. The summed E-state index contributed by atoms with van der Waals surface area (Å²) < 4.78 is 5.32. The summed E-state index contributed by atoms with van der Waals surface area (Å²) in [7, 11) is 0. The molecule has 0 spiro atoms. The van der Waals surface area contributed by atoms with Crippen molar-refractivity contribution in [2.45, 2.75) is 38.6 Å². The van der Waals surface area contributed by atoms with Gasteiger partial charge in [0.25, 0.3) is 5.91 Å². The molecule has 162 valence electrons. The SMILES string of the molecule is Cc1ccnc(N[C@H](c2ccccn2)c2c(NC(=O)c3ccco3)sc3c2CCCC3)c1. The van der Waals surface area contributed by atoms with Gasteiger partial charge in [-0.1, -0.05) is 6.07 Å². The van der Waals surface area contributed by atoms with Crippen molar-refractivity contribution in [3.05, 3.63) is 94.1 Å². The van der Waals surface area contributed by atoms with Gasteiger partial charge in [-0.15, -0.1) is 11.3 Å². The number of hydrogen-bond donors (Lipinski definition) is 2. The predicted molar refractivity (Wildman–Crippen MR) is 126 cm³/mol. The molecule has 0 unspecified atom stereocenters. The number of carbonyl (C=O) groups is 1. The van der Waals surface area contributed by atoms with Gasteiger partial charge in [0.15, 0.2) is 5.76 Å². The molecule has 5 rings (SSSR count). The molecule has 0 aliphatic heterocycles. The van der Waals surface area contributed by atoms with Crippen molar-refractivity contribution in [1.29, 1.82) is 0 Å². The molecule has 0 bridgehead atoms. The molecule has 7 heteroatoms. The molecule has 1 amide bonds. The Morgan fingerprint density at radius 2 is 2.00 bits per heavy atom. The number of rotatable bonds is 6. The molecule has 2 N–H and O–H groups in total. The quantitative estimate of drug-likeness (QED) is 0.394. The lowest BCUT2D eigenvalue weighted by atomic mass is 9.91. The number of fused-ring (bicyclic) bond motifs is 1. The zero-order valence-corrected chi connectivity index (χ0v) is 18.6. The Morgan fingerprint density at radius 1 is 1.09 bits per heavy atom. The molecule has 0 fully saturated rings. The number of hydrogen-bond acceptors (Lipinski definition) is 6. The molecular weight excluding hydrogens is 420 g/mol. The maximum Gasteiger partial charge on any atom is 0.291 e. The number of aromatic nitrogens is 2. The Hall–Kier alpha value is -3.45. The summed E-state index contributed by atoms with van der Waals surface area (Å²) in [6, 6.07) is 13.1. The van der Waals surface area contributed by atoms with Crippen molar-refractivity contribution in [2.24, 2.45) is 0 Å². The molecule has 0 saturated heterocycles. The van der Waals surface area contributed by atoms with Gasteiger partial charge in [0.05, 0.1) is 18.0 Å². The highest BCUT2D eigenvalue weighted by Crippen LogP contribution is 2.44. The third-order valence-electron chi connectivity index (χ3n) is 5.66. The lowest BCUT2D eigenvalue weighted by molar-refractivity contribution is 0.0997. The minimum atomic E-state index is -0.247. The average molecular weight is 445 g/mol. The molecule has 32 heavy (non-hydrogen) atoms. The van der Waals surface area contributed by atoms with E-state index in [0.29, 0.717) is 5.76 Å². The van der Waals surface area contributed by atoms with Crippen molar-refractivity contribution < 1.29 is 9.21 Å². The van der Waals surface area contributed by atoms with E-state index >= 15 is 0 Å². The van der Waals surface area contributed by atoms with E-state index in [1.54, 1.807) is 35.9 Å². The number of anilines is 2. The number of nitrogens with one attached hydrogen (secondary N) is 2. The topological polar surface area (TPSA) is 80.0 Å². The standard InChI is InChI=1S/C25H24N4O2S/c1-16-11-13-27-21(15-16)28-23(18-8-4-5-12-26-18)22-17-7-2-3-10-20(17)32-25(22)29-24(30)19-9-6-14-31-19/h4-6,8-9,11-15,23H,2-3,7,10H2,1H3,(H,27,28)(H,29,30)/t23-/m1/s1. The maximum atomic E-state index is 12.9. The largest absolute Gasteiger partial charge is 0.459 e. The highest BCUT2D eigenvalue weighted by atomic mass is 32.1. The Bertz CT molecular complexity index is 1220. The Labute approximate surface area is 190 Å². The second-order valence-electron chi connectivity index (χ2n) is 7.94. The van der Waals surface area contributed by atoms with E-state index in [-0.39, 0.29) is 11.9 Å². The van der Waals surface area contributed by atoms with Crippen LogP contribution in [0.25, 0.3) is 0 Å². The number of nitrogens with zero attached hydrogens (tertiary/aromatic N) is 2. The van der Waals surface area contributed by atoms with Crippen LogP contribution < -0.4 is 10.6 Å². The van der Waals surface area contributed by atoms with Crippen LogP contribution in [-0.2, 0) is 12.8 Å². The van der Waals surface area contributed by atoms with Gasteiger partial charge in [-0.3, -0.25) is 9.78 Å². The molecule has 4 aromatic rings.